The Kier molecular flexibility index (Phi) is 3.65. The quantitative estimate of drug-likeness (QED) is 0.421. The number of imidazole rings is 1. The second kappa shape index (κ2) is 6.69. The molecule has 25 heavy (non-hydrogen) atoms. The Morgan fingerprint density at radius 3 is 1.44 bits per heavy atom. The zero-order valence-corrected chi connectivity index (χ0v) is 15.0. The zero-order chi connectivity index (χ0) is 18.9. The van der Waals surface area contributed by atoms with Gasteiger partial charge in [0.2, 0.25) is 0 Å². The van der Waals surface area contributed by atoms with Crippen molar-refractivity contribution in [1.82, 2.24) is 9.55 Å². The molecule has 3 heteroatoms. The molecule has 4 aromatic rings. The maximum Gasteiger partial charge on any atom is 0.124 e. The summed E-state index contributed by atoms with van der Waals surface area (Å²) in [7, 11) is 0. The minimum Gasteiger partial charge on any atom is -0.318 e. The Hall–Kier alpha value is -2.65. The molecule has 0 saturated carbocycles. The molecule has 0 bridgehead atoms. The predicted octanol–water partition coefficient (Wildman–Crippen LogP) is 5.49. The third-order valence-electron chi connectivity index (χ3n) is 4.36. The van der Waals surface area contributed by atoms with Gasteiger partial charge in [0.25, 0.3) is 0 Å². The lowest BCUT2D eigenvalue weighted by Gasteiger charge is -2.37. The van der Waals surface area contributed by atoms with Gasteiger partial charge in [0.1, 0.15) is 11.5 Å². The molecule has 0 fully saturated rings. The highest BCUT2D eigenvalue weighted by atomic mass is 79.9. The first-order chi connectivity index (χ1) is 13.2. The molecular formula is C22H17BrN2. The first-order valence-electron chi connectivity index (χ1n) is 9.04. The van der Waals surface area contributed by atoms with E-state index in [1.54, 1.807) is 4.57 Å². The van der Waals surface area contributed by atoms with E-state index in [0.29, 0.717) is 4.60 Å². The minimum absolute atomic E-state index is 0.0310. The molecule has 4 rings (SSSR count). The van der Waals surface area contributed by atoms with Gasteiger partial charge < -0.3 is 4.57 Å². The molecule has 0 aliphatic rings. The van der Waals surface area contributed by atoms with E-state index in [1.165, 1.54) is 0 Å². The van der Waals surface area contributed by atoms with Crippen LogP contribution in [-0.4, -0.2) is 9.55 Å². The van der Waals surface area contributed by atoms with E-state index < -0.39 is 5.54 Å². The van der Waals surface area contributed by atoms with Crippen LogP contribution in [0, 0.1) is 0 Å². The molecular weight excluding hydrogens is 372 g/mol. The van der Waals surface area contributed by atoms with Gasteiger partial charge in [-0.05, 0) is 32.6 Å². The summed E-state index contributed by atoms with van der Waals surface area (Å²) in [5, 5.41) is 0. The minimum atomic E-state index is -0.878. The summed E-state index contributed by atoms with van der Waals surface area (Å²) in [6.45, 7) is 0. The average Bonchev–Trinajstić information content (AvgIpc) is 2.98. The fourth-order valence-electron chi connectivity index (χ4n) is 3.32. The van der Waals surface area contributed by atoms with Gasteiger partial charge in [-0.3, -0.25) is 0 Å². The standard InChI is InChI=1S/C22H17BrN2/c23-21-16-25(17-24-21)22(18-10-4-1-5-11-18,19-12-6-2-7-13-19)20-14-8-3-9-15-20/h1-17H/i16D,17D. The Bertz CT molecular complexity index is 951. The summed E-state index contributed by atoms with van der Waals surface area (Å²) in [6.07, 6.45) is 0.194. The SMILES string of the molecule is [2H]c1nc(Br)c([2H])n1C(c1ccccc1)(c1ccccc1)c1ccccc1. The molecule has 3 aromatic carbocycles. The van der Waals surface area contributed by atoms with E-state index in [1.807, 2.05) is 91.0 Å². The van der Waals surface area contributed by atoms with Gasteiger partial charge in [0.05, 0.1) is 7.67 Å². The Morgan fingerprint density at radius 1 is 0.720 bits per heavy atom. The summed E-state index contributed by atoms with van der Waals surface area (Å²) < 4.78 is 19.2. The van der Waals surface area contributed by atoms with Crippen molar-refractivity contribution in [2.75, 3.05) is 0 Å². The van der Waals surface area contributed by atoms with Crippen LogP contribution in [0.4, 0.5) is 0 Å². The van der Waals surface area contributed by atoms with Gasteiger partial charge in [-0.2, -0.15) is 0 Å². The van der Waals surface area contributed by atoms with E-state index in [0.717, 1.165) is 16.7 Å². The van der Waals surface area contributed by atoms with Gasteiger partial charge in [0, 0.05) is 6.17 Å². The molecule has 1 heterocycles. The first-order valence-corrected chi connectivity index (χ1v) is 8.83. The second-order valence-corrected chi connectivity index (χ2v) is 6.51. The van der Waals surface area contributed by atoms with Crippen molar-refractivity contribution in [2.24, 2.45) is 0 Å². The number of nitrogens with zero attached hydrogens (tertiary/aromatic N) is 2. The monoisotopic (exact) mass is 390 g/mol. The van der Waals surface area contributed by atoms with Crippen molar-refractivity contribution >= 4 is 15.9 Å². The molecule has 1 aromatic heterocycles. The van der Waals surface area contributed by atoms with Gasteiger partial charge in [-0.25, -0.2) is 4.98 Å². The average molecular weight is 391 g/mol. The van der Waals surface area contributed by atoms with Crippen molar-refractivity contribution in [1.29, 1.82) is 0 Å². The lowest BCUT2D eigenvalue weighted by molar-refractivity contribution is 0.514. The van der Waals surface area contributed by atoms with E-state index >= 15 is 0 Å². The van der Waals surface area contributed by atoms with Crippen LogP contribution in [0.1, 0.15) is 19.4 Å². The van der Waals surface area contributed by atoms with E-state index in [9.17, 15) is 0 Å². The summed E-state index contributed by atoms with van der Waals surface area (Å²) in [6, 6.07) is 30.0. The largest absolute Gasteiger partial charge is 0.318 e. The van der Waals surface area contributed by atoms with Gasteiger partial charge in [-0.1, -0.05) is 91.0 Å². The van der Waals surface area contributed by atoms with Crippen LogP contribution in [0.2, 0.25) is 0 Å². The normalized spacial score (nSPS) is 12.5. The van der Waals surface area contributed by atoms with Gasteiger partial charge in [0.15, 0.2) is 0 Å². The zero-order valence-electron chi connectivity index (χ0n) is 15.4. The molecule has 0 spiro atoms. The molecule has 0 aliphatic carbocycles. The predicted molar refractivity (Wildman–Crippen MR) is 105 cm³/mol. The highest BCUT2D eigenvalue weighted by Gasteiger charge is 2.38. The molecule has 0 N–H and O–H groups in total. The van der Waals surface area contributed by atoms with Crippen molar-refractivity contribution in [2.45, 2.75) is 5.54 Å². The molecule has 0 unspecified atom stereocenters. The van der Waals surface area contributed by atoms with Crippen LogP contribution >= 0.6 is 15.9 Å². The fourth-order valence-corrected chi connectivity index (χ4v) is 3.58. The smallest absolute Gasteiger partial charge is 0.124 e. The topological polar surface area (TPSA) is 17.8 Å². The van der Waals surface area contributed by atoms with Crippen molar-refractivity contribution in [3.05, 3.63) is 125 Å². The summed E-state index contributed by atoms with van der Waals surface area (Å²) >= 11 is 3.34. The number of benzene rings is 3. The van der Waals surface area contributed by atoms with E-state index in [4.69, 9.17) is 2.74 Å². The van der Waals surface area contributed by atoms with Gasteiger partial charge >= 0.3 is 0 Å². The third kappa shape index (κ3) is 2.71. The molecule has 0 saturated heterocycles. The third-order valence-corrected chi connectivity index (χ3v) is 4.72. The molecule has 0 aliphatic heterocycles. The molecule has 0 amide bonds. The second-order valence-electron chi connectivity index (χ2n) is 5.76. The van der Waals surface area contributed by atoms with Crippen LogP contribution < -0.4 is 0 Å². The number of halogens is 1. The molecule has 0 atom stereocenters. The lowest BCUT2D eigenvalue weighted by Crippen LogP contribution is -2.36. The summed E-state index contributed by atoms with van der Waals surface area (Å²) in [5.74, 6) is 0. The number of hydrogen-bond donors (Lipinski definition) is 0. The number of aromatic nitrogens is 2. The van der Waals surface area contributed by atoms with Crippen LogP contribution in [0.15, 0.2) is 108 Å². The van der Waals surface area contributed by atoms with Crippen molar-refractivity contribution in [3.63, 3.8) is 0 Å². The Labute approximate surface area is 158 Å². The maximum atomic E-state index is 8.65. The lowest BCUT2D eigenvalue weighted by atomic mass is 9.77. The van der Waals surface area contributed by atoms with Crippen molar-refractivity contribution in [3.8, 4) is 0 Å². The van der Waals surface area contributed by atoms with Crippen LogP contribution in [0.3, 0.4) is 0 Å². The van der Waals surface area contributed by atoms with E-state index in [2.05, 4.69) is 20.9 Å². The molecule has 122 valence electrons. The van der Waals surface area contributed by atoms with Crippen LogP contribution in [-0.2, 0) is 5.54 Å². The molecule has 0 radical (unpaired) electrons. The summed E-state index contributed by atoms with van der Waals surface area (Å²) in [5.41, 5.74) is 2.02. The highest BCUT2D eigenvalue weighted by molar-refractivity contribution is 9.10. The van der Waals surface area contributed by atoms with Crippen LogP contribution in [0.5, 0.6) is 0 Å². The fraction of sp³-hybridized carbons (Fsp3) is 0.0455. The van der Waals surface area contributed by atoms with Crippen LogP contribution in [0.25, 0.3) is 0 Å². The Morgan fingerprint density at radius 2 is 1.12 bits per heavy atom. The van der Waals surface area contributed by atoms with E-state index in [-0.39, 0.29) is 12.5 Å². The number of rotatable bonds is 4. The summed E-state index contributed by atoms with van der Waals surface area (Å²) in [4.78, 5) is 4.21. The Balaban J connectivity index is 2.20. The first kappa shape index (κ1) is 13.6. The maximum absolute atomic E-state index is 8.65. The van der Waals surface area contributed by atoms with Gasteiger partial charge in [-0.15, -0.1) is 0 Å². The highest BCUT2D eigenvalue weighted by Crippen LogP contribution is 2.40. The van der Waals surface area contributed by atoms with Crippen molar-refractivity contribution < 1.29 is 2.74 Å². The number of hydrogen-bond acceptors (Lipinski definition) is 1. The molecule has 2 nitrogen and oxygen atoms in total.